The number of aliphatic hydroxyl groups is 1. The third-order valence-electron chi connectivity index (χ3n) is 5.14. The number of allylic oxidation sites excluding steroid dienone is 2. The lowest BCUT2D eigenvalue weighted by atomic mass is 9.75. The molecule has 0 fully saturated rings. The van der Waals surface area contributed by atoms with Gasteiger partial charge in [-0.2, -0.15) is 0 Å². The van der Waals surface area contributed by atoms with Gasteiger partial charge >= 0.3 is 0 Å². The Labute approximate surface area is 156 Å². The van der Waals surface area contributed by atoms with Crippen molar-refractivity contribution in [3.05, 3.63) is 53.4 Å². The molecule has 146 valence electrons. The molecule has 1 rings (SSSR count). The van der Waals surface area contributed by atoms with Crippen molar-refractivity contribution in [2.24, 2.45) is 5.92 Å². The first kappa shape index (κ1) is 22.5. The van der Waals surface area contributed by atoms with Crippen LogP contribution in [-0.2, 0) is 10.0 Å². The van der Waals surface area contributed by atoms with Gasteiger partial charge in [-0.3, -0.25) is 0 Å². The smallest absolute Gasteiger partial charge is 0.240 e. The minimum atomic E-state index is -3.93. The van der Waals surface area contributed by atoms with Crippen LogP contribution in [0.5, 0.6) is 0 Å². The molecule has 1 aromatic carbocycles. The van der Waals surface area contributed by atoms with Crippen LogP contribution in [0.15, 0.2) is 52.5 Å². The van der Waals surface area contributed by atoms with Gasteiger partial charge in [-0.1, -0.05) is 32.4 Å². The van der Waals surface area contributed by atoms with Gasteiger partial charge in [0.2, 0.25) is 10.0 Å². The van der Waals surface area contributed by atoms with Gasteiger partial charge in [-0.25, -0.2) is 17.5 Å². The minimum absolute atomic E-state index is 0.0363. The van der Waals surface area contributed by atoms with Crippen LogP contribution in [0.1, 0.15) is 48.0 Å². The lowest BCUT2D eigenvalue weighted by Crippen LogP contribution is -2.57. The van der Waals surface area contributed by atoms with E-state index in [1.807, 2.05) is 27.7 Å². The predicted molar refractivity (Wildman–Crippen MR) is 104 cm³/mol. The third-order valence-corrected chi connectivity index (χ3v) is 6.59. The Morgan fingerprint density at radius 2 is 1.65 bits per heavy atom. The second-order valence-corrected chi connectivity index (χ2v) is 8.36. The van der Waals surface area contributed by atoms with Crippen molar-refractivity contribution in [1.29, 1.82) is 0 Å². The Morgan fingerprint density at radius 3 is 2.04 bits per heavy atom. The zero-order chi connectivity index (χ0) is 20.1. The van der Waals surface area contributed by atoms with E-state index in [1.165, 1.54) is 12.1 Å². The topological polar surface area (TPSA) is 66.4 Å². The third kappa shape index (κ3) is 4.61. The summed E-state index contributed by atoms with van der Waals surface area (Å²) in [5.74, 6) is -0.645. The first-order chi connectivity index (χ1) is 12.0. The van der Waals surface area contributed by atoms with Crippen molar-refractivity contribution >= 4 is 10.0 Å². The summed E-state index contributed by atoms with van der Waals surface area (Å²) in [6, 6.07) is 3.88. The molecule has 1 aromatic rings. The first-order valence-electron chi connectivity index (χ1n) is 8.81. The lowest BCUT2D eigenvalue weighted by Gasteiger charge is -2.41. The van der Waals surface area contributed by atoms with E-state index >= 15 is 0 Å². The maximum Gasteiger partial charge on any atom is 0.240 e. The summed E-state index contributed by atoms with van der Waals surface area (Å²) in [7, 11) is -3.93. The van der Waals surface area contributed by atoms with Crippen molar-refractivity contribution in [2.45, 2.75) is 64.5 Å². The van der Waals surface area contributed by atoms with E-state index < -0.39 is 27.5 Å². The summed E-state index contributed by atoms with van der Waals surface area (Å²) in [5.41, 5.74) is -0.119. The molecule has 0 saturated heterocycles. The van der Waals surface area contributed by atoms with Crippen LogP contribution >= 0.6 is 0 Å². The fourth-order valence-corrected chi connectivity index (χ4v) is 4.31. The molecule has 0 saturated carbocycles. The number of rotatable bonds is 8. The number of benzene rings is 1. The van der Waals surface area contributed by atoms with Crippen LogP contribution in [0.4, 0.5) is 4.39 Å². The molecule has 0 bridgehead atoms. The molecule has 2 atom stereocenters. The van der Waals surface area contributed by atoms with Crippen LogP contribution in [0.3, 0.4) is 0 Å². The molecular formula is C20H30FNO3S. The molecule has 2 N–H and O–H groups in total. The summed E-state index contributed by atoms with van der Waals surface area (Å²) in [4.78, 5) is -0.0363. The van der Waals surface area contributed by atoms with E-state index in [0.717, 1.165) is 12.1 Å². The minimum Gasteiger partial charge on any atom is -0.379 e. The predicted octanol–water partition coefficient (Wildman–Crippen LogP) is 4.18. The molecule has 4 nitrogen and oxygen atoms in total. The molecule has 0 unspecified atom stereocenters. The molecule has 0 aliphatic rings. The Balaban J connectivity index is 3.48. The zero-order valence-corrected chi connectivity index (χ0v) is 17.2. The molecule has 0 radical (unpaired) electrons. The Bertz CT molecular complexity index is 749. The molecule has 26 heavy (non-hydrogen) atoms. The summed E-state index contributed by atoms with van der Waals surface area (Å²) < 4.78 is 41.5. The fourth-order valence-electron chi connectivity index (χ4n) is 2.94. The van der Waals surface area contributed by atoms with E-state index in [2.05, 4.69) is 4.72 Å². The van der Waals surface area contributed by atoms with Crippen LogP contribution in [-0.4, -0.2) is 25.2 Å². The maximum absolute atomic E-state index is 13.1. The number of nitrogens with one attached hydrogen (secondary N) is 1. The number of hydrogen-bond acceptors (Lipinski definition) is 3. The quantitative estimate of drug-likeness (QED) is 0.662. The van der Waals surface area contributed by atoms with E-state index in [1.54, 1.807) is 26.0 Å². The van der Waals surface area contributed by atoms with E-state index in [0.29, 0.717) is 17.6 Å². The van der Waals surface area contributed by atoms with Gasteiger partial charge in [-0.05, 0) is 69.0 Å². The van der Waals surface area contributed by atoms with Crippen molar-refractivity contribution in [3.8, 4) is 0 Å². The van der Waals surface area contributed by atoms with Gasteiger partial charge in [0.05, 0.1) is 10.9 Å². The fraction of sp³-hybridized carbons (Fsp3) is 0.500. The van der Waals surface area contributed by atoms with Crippen LogP contribution in [0.25, 0.3) is 0 Å². The molecule has 0 aliphatic heterocycles. The molecule has 0 amide bonds. The van der Waals surface area contributed by atoms with Gasteiger partial charge in [0.1, 0.15) is 11.4 Å². The normalized spacial score (nSPS) is 18.3. The van der Waals surface area contributed by atoms with Gasteiger partial charge in [0.25, 0.3) is 0 Å². The highest BCUT2D eigenvalue weighted by Gasteiger charge is 2.44. The van der Waals surface area contributed by atoms with Gasteiger partial charge in [0.15, 0.2) is 0 Å². The number of sulfonamides is 1. The molecule has 0 aliphatic carbocycles. The standard InChI is InChI=1S/C20H30FNO3S/c1-7-14(4)19(20(23,15(5)8-2)16(6)9-3)22-26(24,25)18-12-10-17(21)11-13-18/h8-14,19,22-23H,7H2,1-6H3/b15-8+,16-9+/t14-,19-/m0/s1. The van der Waals surface area contributed by atoms with Crippen molar-refractivity contribution in [3.63, 3.8) is 0 Å². The number of hydrogen-bond donors (Lipinski definition) is 2. The average molecular weight is 384 g/mol. The second-order valence-electron chi connectivity index (χ2n) is 6.65. The van der Waals surface area contributed by atoms with Crippen molar-refractivity contribution in [1.82, 2.24) is 4.72 Å². The Morgan fingerprint density at radius 1 is 1.19 bits per heavy atom. The van der Waals surface area contributed by atoms with Crippen LogP contribution in [0, 0.1) is 11.7 Å². The molecular weight excluding hydrogens is 353 g/mol. The summed E-state index contributed by atoms with van der Waals surface area (Å²) in [5, 5.41) is 11.5. The van der Waals surface area contributed by atoms with Crippen LogP contribution < -0.4 is 4.72 Å². The first-order valence-corrected chi connectivity index (χ1v) is 10.3. The van der Waals surface area contributed by atoms with E-state index in [-0.39, 0.29) is 10.8 Å². The van der Waals surface area contributed by atoms with Crippen molar-refractivity contribution < 1.29 is 17.9 Å². The molecule has 0 heterocycles. The highest BCUT2D eigenvalue weighted by atomic mass is 32.2. The number of halogens is 1. The summed E-state index contributed by atoms with van der Waals surface area (Å²) >= 11 is 0. The second kappa shape index (κ2) is 8.93. The maximum atomic E-state index is 13.1. The highest BCUT2D eigenvalue weighted by Crippen LogP contribution is 2.34. The summed E-state index contributed by atoms with van der Waals surface area (Å²) in [6.45, 7) is 11.0. The van der Waals surface area contributed by atoms with Crippen molar-refractivity contribution in [2.75, 3.05) is 0 Å². The molecule has 0 spiro atoms. The molecule has 0 aromatic heterocycles. The molecule has 6 heteroatoms. The highest BCUT2D eigenvalue weighted by molar-refractivity contribution is 7.89. The zero-order valence-electron chi connectivity index (χ0n) is 16.4. The SMILES string of the molecule is C/C=C(\C)C(O)(/C(C)=C/C)[C@@H](NS(=O)(=O)c1ccc(F)cc1)[C@@H](C)CC. The van der Waals surface area contributed by atoms with Crippen LogP contribution in [0.2, 0.25) is 0 Å². The van der Waals surface area contributed by atoms with E-state index in [9.17, 15) is 17.9 Å². The van der Waals surface area contributed by atoms with Gasteiger partial charge in [0, 0.05) is 0 Å². The summed E-state index contributed by atoms with van der Waals surface area (Å²) in [6.07, 6.45) is 4.25. The Kier molecular flexibility index (Phi) is 7.74. The average Bonchev–Trinajstić information content (AvgIpc) is 2.63. The van der Waals surface area contributed by atoms with Gasteiger partial charge < -0.3 is 5.11 Å². The monoisotopic (exact) mass is 383 g/mol. The van der Waals surface area contributed by atoms with Gasteiger partial charge in [-0.15, -0.1) is 0 Å². The Hall–Kier alpha value is -1.50. The lowest BCUT2D eigenvalue weighted by molar-refractivity contribution is 0.0580. The van der Waals surface area contributed by atoms with E-state index in [4.69, 9.17) is 0 Å². The largest absolute Gasteiger partial charge is 0.379 e.